The average Bonchev–Trinajstić information content (AvgIpc) is 2.91. The molecule has 0 aliphatic carbocycles. The molecule has 2 rings (SSSR count). The van der Waals surface area contributed by atoms with Gasteiger partial charge in [0.15, 0.2) is 0 Å². The van der Waals surface area contributed by atoms with E-state index in [1.165, 1.54) is 4.88 Å². The van der Waals surface area contributed by atoms with Gasteiger partial charge >= 0.3 is 0 Å². The van der Waals surface area contributed by atoms with Crippen LogP contribution >= 0.6 is 23.6 Å². The molecule has 0 fully saturated rings. The molecule has 19 heavy (non-hydrogen) atoms. The van der Waals surface area contributed by atoms with E-state index in [2.05, 4.69) is 41.7 Å². The molecule has 100 valence electrons. The van der Waals surface area contributed by atoms with Gasteiger partial charge in [0.2, 0.25) is 0 Å². The molecule has 0 aliphatic rings. The van der Waals surface area contributed by atoms with Crippen molar-refractivity contribution in [1.29, 1.82) is 0 Å². The first-order chi connectivity index (χ1) is 8.99. The molecule has 0 saturated carbocycles. The highest BCUT2D eigenvalue weighted by Gasteiger charge is 2.21. The molecular formula is C14H17N3S2. The van der Waals surface area contributed by atoms with Crippen LogP contribution in [0.25, 0.3) is 0 Å². The molecule has 2 heterocycles. The van der Waals surface area contributed by atoms with Gasteiger partial charge in [-0.3, -0.25) is 0 Å². The summed E-state index contributed by atoms with van der Waals surface area (Å²) in [7, 11) is 0. The Labute approximate surface area is 122 Å². The Morgan fingerprint density at radius 3 is 2.74 bits per heavy atom. The van der Waals surface area contributed by atoms with Crippen LogP contribution in [0.4, 0.5) is 5.82 Å². The predicted octanol–water partition coefficient (Wildman–Crippen LogP) is 3.17. The van der Waals surface area contributed by atoms with Crippen molar-refractivity contribution in [3.8, 4) is 0 Å². The van der Waals surface area contributed by atoms with E-state index in [1.807, 2.05) is 12.1 Å². The maximum Gasteiger partial charge on any atom is 0.125 e. The molecule has 0 radical (unpaired) electrons. The first-order valence-electron chi connectivity index (χ1n) is 6.03. The number of hydrogen-bond donors (Lipinski definition) is 2. The normalized spacial score (nSPS) is 11.3. The third-order valence-electron chi connectivity index (χ3n) is 2.95. The first kappa shape index (κ1) is 14.0. The predicted molar refractivity (Wildman–Crippen MR) is 86.0 cm³/mol. The number of rotatable bonds is 5. The number of pyridine rings is 1. The minimum atomic E-state index is 0.0810. The molecule has 0 aromatic carbocycles. The average molecular weight is 291 g/mol. The van der Waals surface area contributed by atoms with Crippen LogP contribution in [0.15, 0.2) is 35.8 Å². The van der Waals surface area contributed by atoms with Gasteiger partial charge in [-0.2, -0.15) is 0 Å². The highest BCUT2D eigenvalue weighted by Crippen LogP contribution is 2.27. The Hall–Kier alpha value is -1.46. The van der Waals surface area contributed by atoms with Gasteiger partial charge in [0.1, 0.15) is 10.8 Å². The van der Waals surface area contributed by atoms with E-state index < -0.39 is 0 Å². The minimum absolute atomic E-state index is 0.0810. The van der Waals surface area contributed by atoms with Crippen LogP contribution < -0.4 is 11.1 Å². The zero-order chi connectivity index (χ0) is 13.9. The van der Waals surface area contributed by atoms with E-state index in [4.69, 9.17) is 18.0 Å². The van der Waals surface area contributed by atoms with Crippen LogP contribution in [0.1, 0.15) is 24.3 Å². The SMILES string of the molecule is CC(C)(CNc1ccc(C(N)=S)cn1)c1cccs1. The fraction of sp³-hybridized carbons (Fsp3) is 0.286. The van der Waals surface area contributed by atoms with Crippen molar-refractivity contribution in [2.75, 3.05) is 11.9 Å². The lowest BCUT2D eigenvalue weighted by Crippen LogP contribution is -2.26. The summed E-state index contributed by atoms with van der Waals surface area (Å²) in [5.74, 6) is 0.838. The Morgan fingerprint density at radius 1 is 1.42 bits per heavy atom. The van der Waals surface area contributed by atoms with Gasteiger partial charge < -0.3 is 11.1 Å². The fourth-order valence-corrected chi connectivity index (χ4v) is 2.68. The number of nitrogens with zero attached hydrogens (tertiary/aromatic N) is 1. The third-order valence-corrected chi connectivity index (χ3v) is 4.42. The van der Waals surface area contributed by atoms with Gasteiger partial charge in [-0.25, -0.2) is 4.98 Å². The second-order valence-electron chi connectivity index (χ2n) is 5.01. The van der Waals surface area contributed by atoms with Crippen molar-refractivity contribution < 1.29 is 0 Å². The van der Waals surface area contributed by atoms with Crippen LogP contribution in [0.3, 0.4) is 0 Å². The molecule has 5 heteroatoms. The van der Waals surface area contributed by atoms with Crippen molar-refractivity contribution in [2.24, 2.45) is 5.73 Å². The Bertz CT molecular complexity index is 545. The molecule has 0 atom stereocenters. The Balaban J connectivity index is 2.00. The van der Waals surface area contributed by atoms with Gasteiger partial charge in [-0.15, -0.1) is 11.3 Å². The van der Waals surface area contributed by atoms with Gasteiger partial charge in [-0.05, 0) is 23.6 Å². The highest BCUT2D eigenvalue weighted by molar-refractivity contribution is 7.80. The lowest BCUT2D eigenvalue weighted by Gasteiger charge is -2.24. The van der Waals surface area contributed by atoms with Gasteiger partial charge in [0, 0.05) is 28.6 Å². The maximum atomic E-state index is 5.54. The van der Waals surface area contributed by atoms with E-state index in [0.29, 0.717) is 4.99 Å². The molecule has 0 unspecified atom stereocenters. The fourth-order valence-electron chi connectivity index (χ4n) is 1.71. The Morgan fingerprint density at radius 2 is 2.21 bits per heavy atom. The Kier molecular flexibility index (Phi) is 4.17. The molecule has 0 aliphatic heterocycles. The first-order valence-corrected chi connectivity index (χ1v) is 7.31. The molecule has 0 saturated heterocycles. The van der Waals surface area contributed by atoms with Crippen LogP contribution in [-0.2, 0) is 5.41 Å². The standard InChI is InChI=1S/C14H17N3S2/c1-14(2,11-4-3-7-19-11)9-17-12-6-5-10(8-16-12)13(15)18/h3-8H,9H2,1-2H3,(H2,15,18)(H,16,17). The summed E-state index contributed by atoms with van der Waals surface area (Å²) in [5.41, 5.74) is 6.41. The number of aromatic nitrogens is 1. The zero-order valence-electron chi connectivity index (χ0n) is 11.0. The van der Waals surface area contributed by atoms with Crippen LogP contribution in [0, 0.1) is 0 Å². The van der Waals surface area contributed by atoms with Crippen molar-refractivity contribution >= 4 is 34.4 Å². The van der Waals surface area contributed by atoms with E-state index in [1.54, 1.807) is 17.5 Å². The minimum Gasteiger partial charge on any atom is -0.389 e. The zero-order valence-corrected chi connectivity index (χ0v) is 12.6. The molecule has 2 aromatic rings. The van der Waals surface area contributed by atoms with Crippen LogP contribution in [0.2, 0.25) is 0 Å². The summed E-state index contributed by atoms with van der Waals surface area (Å²) >= 11 is 6.68. The summed E-state index contributed by atoms with van der Waals surface area (Å²) in [6, 6.07) is 8.03. The number of thiophene rings is 1. The third kappa shape index (κ3) is 3.52. The number of anilines is 1. The summed E-state index contributed by atoms with van der Waals surface area (Å²) < 4.78 is 0. The highest BCUT2D eigenvalue weighted by atomic mass is 32.1. The summed E-state index contributed by atoms with van der Waals surface area (Å²) in [6.45, 7) is 5.26. The van der Waals surface area contributed by atoms with Crippen LogP contribution in [-0.4, -0.2) is 16.5 Å². The second-order valence-corrected chi connectivity index (χ2v) is 6.40. The van der Waals surface area contributed by atoms with E-state index in [9.17, 15) is 0 Å². The van der Waals surface area contributed by atoms with E-state index >= 15 is 0 Å². The van der Waals surface area contributed by atoms with Crippen molar-refractivity contribution in [3.05, 3.63) is 46.3 Å². The molecule has 0 amide bonds. The van der Waals surface area contributed by atoms with Crippen molar-refractivity contribution in [1.82, 2.24) is 4.98 Å². The van der Waals surface area contributed by atoms with E-state index in [-0.39, 0.29) is 5.41 Å². The van der Waals surface area contributed by atoms with Gasteiger partial charge in [-0.1, -0.05) is 32.1 Å². The molecule has 0 bridgehead atoms. The lowest BCUT2D eigenvalue weighted by molar-refractivity contribution is 0.568. The summed E-state index contributed by atoms with van der Waals surface area (Å²) in [4.78, 5) is 6.04. The largest absolute Gasteiger partial charge is 0.389 e. The number of nitrogens with one attached hydrogen (secondary N) is 1. The van der Waals surface area contributed by atoms with Crippen molar-refractivity contribution in [2.45, 2.75) is 19.3 Å². The molecule has 2 aromatic heterocycles. The van der Waals surface area contributed by atoms with Crippen molar-refractivity contribution in [3.63, 3.8) is 0 Å². The monoisotopic (exact) mass is 291 g/mol. The van der Waals surface area contributed by atoms with Crippen LogP contribution in [0.5, 0.6) is 0 Å². The smallest absolute Gasteiger partial charge is 0.125 e. The molecule has 3 N–H and O–H groups in total. The topological polar surface area (TPSA) is 50.9 Å². The van der Waals surface area contributed by atoms with Gasteiger partial charge in [0.05, 0.1) is 0 Å². The molecular weight excluding hydrogens is 274 g/mol. The molecule has 3 nitrogen and oxygen atoms in total. The lowest BCUT2D eigenvalue weighted by atomic mass is 9.91. The number of thiocarbonyl (C=S) groups is 1. The number of nitrogens with two attached hydrogens (primary N) is 1. The second kappa shape index (κ2) is 5.67. The number of hydrogen-bond acceptors (Lipinski definition) is 4. The maximum absolute atomic E-state index is 5.54. The van der Waals surface area contributed by atoms with Gasteiger partial charge in [0.25, 0.3) is 0 Å². The summed E-state index contributed by atoms with van der Waals surface area (Å²) in [5, 5.41) is 5.45. The van der Waals surface area contributed by atoms with E-state index in [0.717, 1.165) is 17.9 Å². The quantitative estimate of drug-likeness (QED) is 0.831. The molecule has 0 spiro atoms. The summed E-state index contributed by atoms with van der Waals surface area (Å²) in [6.07, 6.45) is 1.70.